The van der Waals surface area contributed by atoms with E-state index < -0.39 is 0 Å². The lowest BCUT2D eigenvalue weighted by Crippen LogP contribution is -2.44. The second kappa shape index (κ2) is 6.72. The van der Waals surface area contributed by atoms with Gasteiger partial charge in [0, 0.05) is 43.9 Å². The Hall–Kier alpha value is -1.99. The van der Waals surface area contributed by atoms with Crippen molar-refractivity contribution in [3.63, 3.8) is 0 Å². The molecule has 2 amide bonds. The Kier molecular flexibility index (Phi) is 4.43. The first-order chi connectivity index (χ1) is 12.1. The van der Waals surface area contributed by atoms with Crippen LogP contribution in [0.3, 0.4) is 0 Å². The lowest BCUT2D eigenvalue weighted by Gasteiger charge is -2.33. The molecule has 25 heavy (non-hydrogen) atoms. The van der Waals surface area contributed by atoms with E-state index in [9.17, 15) is 14.7 Å². The topological polar surface area (TPSA) is 91.8 Å². The summed E-state index contributed by atoms with van der Waals surface area (Å²) in [5.41, 5.74) is 0.957. The van der Waals surface area contributed by atoms with Crippen LogP contribution in [0.15, 0.2) is 24.5 Å². The number of nitrogens with one attached hydrogen (secondary N) is 1. The first-order valence-corrected chi connectivity index (χ1v) is 8.87. The summed E-state index contributed by atoms with van der Waals surface area (Å²) in [6.07, 6.45) is 4.16. The maximum absolute atomic E-state index is 12.5. The molecule has 0 radical (unpaired) electrons. The highest BCUT2D eigenvalue weighted by Gasteiger charge is 2.49. The standard InChI is InChI=1S/C18H23N3O4/c22-13-4-12(5-13)18(24)21-8-14-15(10-25-16(14)9-21)17(23)20-7-11-2-1-3-19-6-11/h1-3,6,12-16,22H,4-5,7-10H2,(H,20,23)/t12?,13?,14-,15+,16-/m1/s1. The van der Waals surface area contributed by atoms with Crippen LogP contribution in [0.25, 0.3) is 0 Å². The summed E-state index contributed by atoms with van der Waals surface area (Å²) < 4.78 is 5.78. The van der Waals surface area contributed by atoms with Crippen LogP contribution in [0.1, 0.15) is 18.4 Å². The van der Waals surface area contributed by atoms with E-state index in [0.29, 0.717) is 39.1 Å². The van der Waals surface area contributed by atoms with Crippen molar-refractivity contribution in [2.45, 2.75) is 31.6 Å². The molecule has 1 aliphatic carbocycles. The SMILES string of the molecule is O=C(NCc1cccnc1)[C@H]1CO[C@@H]2CN(C(=O)C3CC(O)C3)C[C@H]12. The Balaban J connectivity index is 1.32. The highest BCUT2D eigenvalue weighted by molar-refractivity contribution is 5.82. The monoisotopic (exact) mass is 345 g/mol. The minimum atomic E-state index is -0.335. The van der Waals surface area contributed by atoms with Gasteiger partial charge in [0.1, 0.15) is 0 Å². The van der Waals surface area contributed by atoms with E-state index in [4.69, 9.17) is 4.74 Å². The fourth-order valence-corrected chi connectivity index (χ4v) is 4.03. The van der Waals surface area contributed by atoms with Gasteiger partial charge in [-0.25, -0.2) is 0 Å². The number of nitrogens with zero attached hydrogens (tertiary/aromatic N) is 2. The lowest BCUT2D eigenvalue weighted by molar-refractivity contribution is -0.142. The normalized spacial score (nSPS) is 33.6. The van der Waals surface area contributed by atoms with Gasteiger partial charge in [-0.3, -0.25) is 14.6 Å². The van der Waals surface area contributed by atoms with Crippen molar-refractivity contribution in [3.05, 3.63) is 30.1 Å². The molecule has 0 spiro atoms. The number of hydrogen-bond donors (Lipinski definition) is 2. The second-order valence-corrected chi connectivity index (χ2v) is 7.29. The summed E-state index contributed by atoms with van der Waals surface area (Å²) in [6.45, 7) is 1.99. The summed E-state index contributed by atoms with van der Waals surface area (Å²) in [7, 11) is 0. The molecule has 134 valence electrons. The van der Waals surface area contributed by atoms with Crippen LogP contribution in [0.5, 0.6) is 0 Å². The molecule has 3 atom stereocenters. The van der Waals surface area contributed by atoms with E-state index in [1.165, 1.54) is 0 Å². The van der Waals surface area contributed by atoms with Crippen LogP contribution in [-0.2, 0) is 20.9 Å². The number of fused-ring (bicyclic) bond motifs is 1. The molecule has 3 heterocycles. The number of aliphatic hydroxyl groups excluding tert-OH is 1. The molecule has 0 aromatic carbocycles. The molecular formula is C18H23N3O4. The van der Waals surface area contributed by atoms with Gasteiger partial charge >= 0.3 is 0 Å². The number of likely N-dealkylation sites (tertiary alicyclic amines) is 1. The van der Waals surface area contributed by atoms with Crippen molar-refractivity contribution in [2.24, 2.45) is 17.8 Å². The molecule has 4 rings (SSSR count). The van der Waals surface area contributed by atoms with Crippen molar-refractivity contribution >= 4 is 11.8 Å². The van der Waals surface area contributed by atoms with Crippen LogP contribution in [0.2, 0.25) is 0 Å². The quantitative estimate of drug-likeness (QED) is 0.798. The number of ether oxygens (including phenoxy) is 1. The summed E-state index contributed by atoms with van der Waals surface area (Å²) in [5, 5.41) is 12.3. The maximum atomic E-state index is 12.5. The molecule has 1 aromatic rings. The summed E-state index contributed by atoms with van der Waals surface area (Å²) in [5.74, 6) is -0.150. The van der Waals surface area contributed by atoms with Gasteiger partial charge in [0.05, 0.1) is 24.7 Å². The Bertz CT molecular complexity index is 647. The highest BCUT2D eigenvalue weighted by atomic mass is 16.5. The summed E-state index contributed by atoms with van der Waals surface area (Å²) in [4.78, 5) is 30.8. The fraction of sp³-hybridized carbons (Fsp3) is 0.611. The van der Waals surface area contributed by atoms with Crippen LogP contribution in [-0.4, -0.2) is 58.7 Å². The first-order valence-electron chi connectivity index (χ1n) is 8.87. The number of amides is 2. The Morgan fingerprint density at radius 2 is 2.20 bits per heavy atom. The van der Waals surface area contributed by atoms with E-state index in [2.05, 4.69) is 10.3 Å². The van der Waals surface area contributed by atoms with Gasteiger partial charge in [-0.05, 0) is 24.5 Å². The molecule has 1 saturated carbocycles. The number of rotatable bonds is 4. The number of pyridine rings is 1. The van der Waals surface area contributed by atoms with E-state index in [0.717, 1.165) is 5.56 Å². The maximum Gasteiger partial charge on any atom is 0.226 e. The van der Waals surface area contributed by atoms with Crippen molar-refractivity contribution in [3.8, 4) is 0 Å². The third-order valence-corrected chi connectivity index (χ3v) is 5.62. The van der Waals surface area contributed by atoms with Gasteiger partial charge in [-0.2, -0.15) is 0 Å². The van der Waals surface area contributed by atoms with E-state index in [1.807, 2.05) is 17.0 Å². The Morgan fingerprint density at radius 3 is 2.92 bits per heavy atom. The molecule has 7 heteroatoms. The van der Waals surface area contributed by atoms with Gasteiger partial charge in [0.2, 0.25) is 11.8 Å². The number of aliphatic hydroxyl groups is 1. The molecule has 3 fully saturated rings. The number of carbonyl (C=O) groups is 2. The molecular weight excluding hydrogens is 322 g/mol. The third-order valence-electron chi connectivity index (χ3n) is 5.62. The van der Waals surface area contributed by atoms with Crippen molar-refractivity contribution in [2.75, 3.05) is 19.7 Å². The Labute approximate surface area is 146 Å². The number of aromatic nitrogens is 1. The third kappa shape index (κ3) is 3.26. The second-order valence-electron chi connectivity index (χ2n) is 7.29. The van der Waals surface area contributed by atoms with Gasteiger partial charge in [-0.1, -0.05) is 6.07 Å². The van der Waals surface area contributed by atoms with E-state index >= 15 is 0 Å². The average Bonchev–Trinajstić information content (AvgIpc) is 3.18. The molecule has 3 aliphatic rings. The molecule has 2 N–H and O–H groups in total. The molecule has 7 nitrogen and oxygen atoms in total. The Morgan fingerprint density at radius 1 is 1.36 bits per heavy atom. The molecule has 0 bridgehead atoms. The minimum Gasteiger partial charge on any atom is -0.393 e. The summed E-state index contributed by atoms with van der Waals surface area (Å²) in [6, 6.07) is 3.76. The molecule has 2 aliphatic heterocycles. The zero-order chi connectivity index (χ0) is 17.4. The van der Waals surface area contributed by atoms with Gasteiger partial charge in [0.25, 0.3) is 0 Å². The lowest BCUT2D eigenvalue weighted by atomic mass is 9.81. The van der Waals surface area contributed by atoms with Crippen LogP contribution < -0.4 is 5.32 Å². The smallest absolute Gasteiger partial charge is 0.226 e. The largest absolute Gasteiger partial charge is 0.393 e. The zero-order valence-corrected chi connectivity index (χ0v) is 14.0. The van der Waals surface area contributed by atoms with Crippen LogP contribution >= 0.6 is 0 Å². The highest BCUT2D eigenvalue weighted by Crippen LogP contribution is 2.37. The predicted octanol–water partition coefficient (Wildman–Crippen LogP) is -0.0579. The van der Waals surface area contributed by atoms with Crippen LogP contribution in [0.4, 0.5) is 0 Å². The molecule has 2 saturated heterocycles. The van der Waals surface area contributed by atoms with E-state index in [-0.39, 0.29) is 41.8 Å². The van der Waals surface area contributed by atoms with Gasteiger partial charge < -0.3 is 20.1 Å². The molecule has 0 unspecified atom stereocenters. The first kappa shape index (κ1) is 16.5. The number of carbonyl (C=O) groups excluding carboxylic acids is 2. The average molecular weight is 345 g/mol. The minimum absolute atomic E-state index is 0.0234. The predicted molar refractivity (Wildman–Crippen MR) is 88.1 cm³/mol. The zero-order valence-electron chi connectivity index (χ0n) is 14.0. The summed E-state index contributed by atoms with van der Waals surface area (Å²) >= 11 is 0. The van der Waals surface area contributed by atoms with E-state index in [1.54, 1.807) is 12.4 Å². The molecule has 1 aromatic heterocycles. The van der Waals surface area contributed by atoms with Crippen molar-refractivity contribution in [1.29, 1.82) is 0 Å². The number of hydrogen-bond acceptors (Lipinski definition) is 5. The van der Waals surface area contributed by atoms with Crippen molar-refractivity contribution < 1.29 is 19.4 Å². The van der Waals surface area contributed by atoms with Crippen LogP contribution in [0, 0.1) is 17.8 Å². The van der Waals surface area contributed by atoms with Crippen molar-refractivity contribution in [1.82, 2.24) is 15.2 Å². The van der Waals surface area contributed by atoms with Gasteiger partial charge in [0.15, 0.2) is 0 Å². The van der Waals surface area contributed by atoms with Gasteiger partial charge in [-0.15, -0.1) is 0 Å². The fourth-order valence-electron chi connectivity index (χ4n) is 4.03.